The summed E-state index contributed by atoms with van der Waals surface area (Å²) in [5.74, 6) is -0.137. The Morgan fingerprint density at radius 1 is 0.912 bits per heavy atom. The van der Waals surface area contributed by atoms with Gasteiger partial charge in [0.15, 0.2) is 0 Å². The van der Waals surface area contributed by atoms with E-state index in [1.165, 1.54) is 11.8 Å². The molecule has 1 heterocycles. The maximum atomic E-state index is 12.9. The summed E-state index contributed by atoms with van der Waals surface area (Å²) in [4.78, 5) is 17.7. The fourth-order valence-electron chi connectivity index (χ4n) is 3.53. The molecule has 34 heavy (non-hydrogen) atoms. The summed E-state index contributed by atoms with van der Waals surface area (Å²) in [7, 11) is 0. The molecule has 1 N–H and O–H groups in total. The Morgan fingerprint density at radius 2 is 1.53 bits per heavy atom. The summed E-state index contributed by atoms with van der Waals surface area (Å²) in [5, 5.41) is 13.1. The molecule has 0 aliphatic rings. The molecule has 168 valence electrons. The molecular weight excluding hydrogens is 438 g/mol. The lowest BCUT2D eigenvalue weighted by atomic mass is 9.98. The summed E-state index contributed by atoms with van der Waals surface area (Å²) in [6.07, 6.45) is 0. The van der Waals surface area contributed by atoms with Gasteiger partial charge in [0.2, 0.25) is 5.91 Å². The third-order valence-corrected chi connectivity index (χ3v) is 6.59. The number of thioether (sulfide) groups is 1. The molecule has 0 spiro atoms. The molecule has 4 rings (SSSR count). The minimum Gasteiger partial charge on any atom is -0.325 e. The number of rotatable bonds is 6. The van der Waals surface area contributed by atoms with E-state index in [4.69, 9.17) is 4.98 Å². The molecule has 0 saturated carbocycles. The summed E-state index contributed by atoms with van der Waals surface area (Å²) < 4.78 is 0. The van der Waals surface area contributed by atoms with Crippen molar-refractivity contribution in [1.82, 2.24) is 4.98 Å². The topological polar surface area (TPSA) is 65.8 Å². The molecule has 0 saturated heterocycles. The molecular formula is C29H25N3OS. The number of amides is 1. The molecule has 1 atom stereocenters. The standard InChI is InChI=1S/C29H25N3OS/c1-19-9-13-22(14-10-19)25-17-27(23-7-5-4-6-8-23)32-29(26(25)18-30)34-21(3)28(33)31-24-15-11-20(2)12-16-24/h4-17,21H,1-3H3,(H,31,33)/t21-/m0/s1. The van der Waals surface area contributed by atoms with Crippen LogP contribution in [0.2, 0.25) is 0 Å². The maximum Gasteiger partial charge on any atom is 0.237 e. The number of benzene rings is 3. The number of carbonyl (C=O) groups excluding carboxylic acids is 1. The van der Waals surface area contributed by atoms with Gasteiger partial charge in [-0.3, -0.25) is 4.79 Å². The monoisotopic (exact) mass is 463 g/mol. The Bertz CT molecular complexity index is 1340. The van der Waals surface area contributed by atoms with Crippen molar-refractivity contribution >= 4 is 23.4 Å². The van der Waals surface area contributed by atoms with Crippen molar-refractivity contribution in [1.29, 1.82) is 5.26 Å². The second-order valence-electron chi connectivity index (χ2n) is 8.19. The fraction of sp³-hybridized carbons (Fsp3) is 0.138. The van der Waals surface area contributed by atoms with Gasteiger partial charge in [-0.1, -0.05) is 89.6 Å². The average molecular weight is 464 g/mol. The van der Waals surface area contributed by atoms with Crippen molar-refractivity contribution in [2.75, 3.05) is 5.32 Å². The van der Waals surface area contributed by atoms with Gasteiger partial charge in [0.1, 0.15) is 11.1 Å². The highest BCUT2D eigenvalue weighted by Gasteiger charge is 2.21. The molecule has 0 aliphatic carbocycles. The number of pyridine rings is 1. The zero-order valence-corrected chi connectivity index (χ0v) is 20.2. The summed E-state index contributed by atoms with van der Waals surface area (Å²) >= 11 is 1.30. The Kier molecular flexibility index (Phi) is 7.10. The largest absolute Gasteiger partial charge is 0.325 e. The van der Waals surface area contributed by atoms with E-state index in [0.717, 1.165) is 39.2 Å². The summed E-state index contributed by atoms with van der Waals surface area (Å²) in [5.41, 5.74) is 6.98. The van der Waals surface area contributed by atoms with Crippen molar-refractivity contribution in [3.05, 3.63) is 102 Å². The molecule has 4 nitrogen and oxygen atoms in total. The van der Waals surface area contributed by atoms with E-state index in [1.54, 1.807) is 0 Å². The predicted octanol–water partition coefficient (Wildman–Crippen LogP) is 7.02. The molecule has 3 aromatic carbocycles. The van der Waals surface area contributed by atoms with E-state index >= 15 is 0 Å². The molecule has 5 heteroatoms. The maximum absolute atomic E-state index is 12.9. The van der Waals surface area contributed by atoms with Gasteiger partial charge >= 0.3 is 0 Å². The second-order valence-corrected chi connectivity index (χ2v) is 9.52. The van der Waals surface area contributed by atoms with Crippen LogP contribution in [-0.4, -0.2) is 16.1 Å². The highest BCUT2D eigenvalue weighted by Crippen LogP contribution is 2.36. The number of nitriles is 1. The van der Waals surface area contributed by atoms with Crippen LogP contribution in [-0.2, 0) is 4.79 Å². The number of anilines is 1. The number of nitrogens with zero attached hydrogens (tertiary/aromatic N) is 2. The molecule has 4 aromatic rings. The lowest BCUT2D eigenvalue weighted by Crippen LogP contribution is -2.22. The van der Waals surface area contributed by atoms with Gasteiger partial charge in [0.25, 0.3) is 0 Å². The molecule has 0 aliphatic heterocycles. The average Bonchev–Trinajstić information content (AvgIpc) is 2.86. The number of nitrogens with one attached hydrogen (secondary N) is 1. The Balaban J connectivity index is 1.72. The Hall–Kier alpha value is -3.88. The quantitative estimate of drug-likeness (QED) is 0.312. The molecule has 0 unspecified atom stereocenters. The first-order chi connectivity index (χ1) is 16.4. The first-order valence-corrected chi connectivity index (χ1v) is 11.9. The zero-order valence-electron chi connectivity index (χ0n) is 19.4. The molecule has 0 bridgehead atoms. The van der Waals surface area contributed by atoms with Gasteiger partial charge in [-0.25, -0.2) is 4.98 Å². The number of hydrogen-bond donors (Lipinski definition) is 1. The van der Waals surface area contributed by atoms with Crippen molar-refractivity contribution in [3.8, 4) is 28.5 Å². The van der Waals surface area contributed by atoms with E-state index in [0.29, 0.717) is 10.6 Å². The van der Waals surface area contributed by atoms with Crippen LogP contribution in [0.1, 0.15) is 23.6 Å². The van der Waals surface area contributed by atoms with Crippen LogP contribution in [0.15, 0.2) is 90.0 Å². The van der Waals surface area contributed by atoms with Crippen molar-refractivity contribution in [3.63, 3.8) is 0 Å². The number of carbonyl (C=O) groups is 1. The van der Waals surface area contributed by atoms with Gasteiger partial charge in [-0.05, 0) is 44.5 Å². The fourth-order valence-corrected chi connectivity index (χ4v) is 4.46. The number of hydrogen-bond acceptors (Lipinski definition) is 4. The van der Waals surface area contributed by atoms with E-state index in [-0.39, 0.29) is 5.91 Å². The van der Waals surface area contributed by atoms with E-state index in [2.05, 4.69) is 11.4 Å². The van der Waals surface area contributed by atoms with Crippen LogP contribution in [0, 0.1) is 25.2 Å². The lowest BCUT2D eigenvalue weighted by Gasteiger charge is -2.16. The predicted molar refractivity (Wildman–Crippen MR) is 140 cm³/mol. The van der Waals surface area contributed by atoms with E-state index in [9.17, 15) is 10.1 Å². The van der Waals surface area contributed by atoms with Crippen LogP contribution in [0.3, 0.4) is 0 Å². The third kappa shape index (κ3) is 5.36. The van der Waals surface area contributed by atoms with Crippen molar-refractivity contribution in [2.45, 2.75) is 31.0 Å². The molecule has 1 amide bonds. The van der Waals surface area contributed by atoms with Gasteiger partial charge in [0, 0.05) is 16.8 Å². The molecule has 0 fully saturated rings. The minimum atomic E-state index is -0.446. The zero-order chi connectivity index (χ0) is 24.1. The minimum absolute atomic E-state index is 0.137. The van der Waals surface area contributed by atoms with Gasteiger partial charge in [-0.15, -0.1) is 0 Å². The van der Waals surface area contributed by atoms with Crippen LogP contribution in [0.4, 0.5) is 5.69 Å². The van der Waals surface area contributed by atoms with Gasteiger partial charge in [0.05, 0.1) is 16.5 Å². The van der Waals surface area contributed by atoms with Crippen LogP contribution in [0.5, 0.6) is 0 Å². The van der Waals surface area contributed by atoms with Crippen LogP contribution < -0.4 is 5.32 Å². The lowest BCUT2D eigenvalue weighted by molar-refractivity contribution is -0.115. The van der Waals surface area contributed by atoms with E-state index < -0.39 is 5.25 Å². The molecule has 0 radical (unpaired) electrons. The third-order valence-electron chi connectivity index (χ3n) is 5.51. The van der Waals surface area contributed by atoms with E-state index in [1.807, 2.05) is 106 Å². The van der Waals surface area contributed by atoms with Crippen LogP contribution >= 0.6 is 11.8 Å². The Morgan fingerprint density at radius 3 is 2.15 bits per heavy atom. The van der Waals surface area contributed by atoms with Crippen molar-refractivity contribution < 1.29 is 4.79 Å². The highest BCUT2D eigenvalue weighted by atomic mass is 32.2. The number of aryl methyl sites for hydroxylation is 2. The Labute approximate surface area is 204 Å². The van der Waals surface area contributed by atoms with Gasteiger partial charge in [-0.2, -0.15) is 5.26 Å². The summed E-state index contributed by atoms with van der Waals surface area (Å²) in [6, 6.07) is 30.0. The van der Waals surface area contributed by atoms with Crippen LogP contribution in [0.25, 0.3) is 22.4 Å². The normalized spacial score (nSPS) is 11.5. The number of aromatic nitrogens is 1. The van der Waals surface area contributed by atoms with Gasteiger partial charge < -0.3 is 5.32 Å². The van der Waals surface area contributed by atoms with Crippen molar-refractivity contribution in [2.24, 2.45) is 0 Å². The first-order valence-electron chi connectivity index (χ1n) is 11.1. The highest BCUT2D eigenvalue weighted by molar-refractivity contribution is 8.00. The first kappa shape index (κ1) is 23.3. The smallest absolute Gasteiger partial charge is 0.237 e. The second kappa shape index (κ2) is 10.4. The SMILES string of the molecule is Cc1ccc(NC(=O)[C@H](C)Sc2nc(-c3ccccc3)cc(-c3ccc(C)cc3)c2C#N)cc1. The summed E-state index contributed by atoms with van der Waals surface area (Å²) in [6.45, 7) is 5.87. The molecule has 1 aromatic heterocycles.